The standard InChI is InChI=1S/C19H18N4O2S/c24-18-4-3-17(15-7-11-26-13-15)21-23(18)16-5-9-22(10-6-16)19(25)14-2-1-8-20-12-14/h1-4,7-8,11-13,16H,5-6,9-10H2. The number of piperidine rings is 1. The lowest BCUT2D eigenvalue weighted by Crippen LogP contribution is -2.41. The lowest BCUT2D eigenvalue weighted by Gasteiger charge is -2.32. The molecular weight excluding hydrogens is 348 g/mol. The zero-order valence-corrected chi connectivity index (χ0v) is 14.9. The van der Waals surface area contributed by atoms with Crippen LogP contribution in [-0.4, -0.2) is 38.7 Å². The highest BCUT2D eigenvalue weighted by Gasteiger charge is 2.26. The van der Waals surface area contributed by atoms with Crippen molar-refractivity contribution in [3.63, 3.8) is 0 Å². The van der Waals surface area contributed by atoms with Crippen molar-refractivity contribution in [2.45, 2.75) is 18.9 Å². The molecule has 4 heterocycles. The second-order valence-electron chi connectivity index (χ2n) is 6.28. The lowest BCUT2D eigenvalue weighted by atomic mass is 10.0. The molecule has 7 heteroatoms. The Kier molecular flexibility index (Phi) is 4.62. The van der Waals surface area contributed by atoms with Gasteiger partial charge in [-0.2, -0.15) is 16.4 Å². The molecule has 0 aromatic carbocycles. The van der Waals surface area contributed by atoms with Crippen LogP contribution in [0.2, 0.25) is 0 Å². The van der Waals surface area contributed by atoms with Gasteiger partial charge in [-0.05, 0) is 42.5 Å². The lowest BCUT2D eigenvalue weighted by molar-refractivity contribution is 0.0687. The molecule has 1 saturated heterocycles. The van der Waals surface area contributed by atoms with Crippen molar-refractivity contribution in [2.75, 3.05) is 13.1 Å². The van der Waals surface area contributed by atoms with E-state index >= 15 is 0 Å². The smallest absolute Gasteiger partial charge is 0.267 e. The summed E-state index contributed by atoms with van der Waals surface area (Å²) in [5.41, 5.74) is 2.33. The fourth-order valence-electron chi connectivity index (χ4n) is 3.24. The van der Waals surface area contributed by atoms with E-state index in [9.17, 15) is 9.59 Å². The molecule has 6 nitrogen and oxygen atoms in total. The molecule has 0 radical (unpaired) electrons. The number of thiophene rings is 1. The first-order valence-electron chi connectivity index (χ1n) is 8.54. The minimum atomic E-state index is -0.0963. The van der Waals surface area contributed by atoms with E-state index in [0.717, 1.165) is 11.3 Å². The molecule has 3 aromatic rings. The Morgan fingerprint density at radius 3 is 2.69 bits per heavy atom. The highest BCUT2D eigenvalue weighted by molar-refractivity contribution is 7.08. The summed E-state index contributed by atoms with van der Waals surface area (Å²) < 4.78 is 1.58. The number of hydrogen-bond donors (Lipinski definition) is 0. The van der Waals surface area contributed by atoms with Crippen LogP contribution in [0.25, 0.3) is 11.3 Å². The van der Waals surface area contributed by atoms with Gasteiger partial charge in [-0.25, -0.2) is 4.68 Å². The molecule has 0 bridgehead atoms. The monoisotopic (exact) mass is 366 g/mol. The van der Waals surface area contributed by atoms with Crippen LogP contribution in [0.5, 0.6) is 0 Å². The van der Waals surface area contributed by atoms with Crippen LogP contribution in [0, 0.1) is 0 Å². The Morgan fingerprint density at radius 2 is 2.00 bits per heavy atom. The van der Waals surface area contributed by atoms with Crippen molar-refractivity contribution in [3.05, 3.63) is 69.4 Å². The summed E-state index contributed by atoms with van der Waals surface area (Å²) in [6, 6.07) is 8.89. The van der Waals surface area contributed by atoms with Gasteiger partial charge in [0.2, 0.25) is 0 Å². The molecule has 4 rings (SSSR count). The predicted octanol–water partition coefficient (Wildman–Crippen LogP) is 2.84. The molecule has 0 aliphatic carbocycles. The molecule has 0 N–H and O–H groups in total. The zero-order valence-electron chi connectivity index (χ0n) is 14.1. The number of aromatic nitrogens is 3. The van der Waals surface area contributed by atoms with Crippen molar-refractivity contribution in [2.24, 2.45) is 0 Å². The summed E-state index contributed by atoms with van der Waals surface area (Å²) in [5, 5.41) is 8.58. The van der Waals surface area contributed by atoms with Gasteiger partial charge in [0.1, 0.15) is 0 Å². The Balaban J connectivity index is 1.49. The number of nitrogens with zero attached hydrogens (tertiary/aromatic N) is 4. The maximum absolute atomic E-state index is 12.5. The molecule has 3 aromatic heterocycles. The molecule has 0 unspecified atom stereocenters. The van der Waals surface area contributed by atoms with Crippen molar-refractivity contribution in [1.29, 1.82) is 0 Å². The third-order valence-corrected chi connectivity index (χ3v) is 5.33. The maximum Gasteiger partial charge on any atom is 0.267 e. The third kappa shape index (κ3) is 3.30. The molecule has 1 aliphatic rings. The van der Waals surface area contributed by atoms with Gasteiger partial charge < -0.3 is 4.90 Å². The topological polar surface area (TPSA) is 68.1 Å². The van der Waals surface area contributed by atoms with Crippen LogP contribution >= 0.6 is 11.3 Å². The van der Waals surface area contributed by atoms with Crippen molar-refractivity contribution >= 4 is 17.2 Å². The fourth-order valence-corrected chi connectivity index (χ4v) is 3.89. The number of pyridine rings is 1. The molecule has 1 amide bonds. The molecular formula is C19H18N4O2S. The van der Waals surface area contributed by atoms with E-state index in [1.165, 1.54) is 0 Å². The second kappa shape index (κ2) is 7.21. The Morgan fingerprint density at radius 1 is 1.15 bits per heavy atom. The maximum atomic E-state index is 12.5. The normalized spacial score (nSPS) is 15.2. The van der Waals surface area contributed by atoms with Crippen LogP contribution < -0.4 is 5.56 Å². The van der Waals surface area contributed by atoms with Crippen LogP contribution in [0.15, 0.2) is 58.3 Å². The first-order chi connectivity index (χ1) is 12.7. The van der Waals surface area contributed by atoms with Crippen LogP contribution in [-0.2, 0) is 0 Å². The van der Waals surface area contributed by atoms with Gasteiger partial charge in [0.15, 0.2) is 0 Å². The molecule has 0 saturated carbocycles. The predicted molar refractivity (Wildman–Crippen MR) is 100 cm³/mol. The number of rotatable bonds is 3. The summed E-state index contributed by atoms with van der Waals surface area (Å²) in [7, 11) is 0. The molecule has 1 fully saturated rings. The van der Waals surface area contributed by atoms with Gasteiger partial charge in [-0.3, -0.25) is 14.6 Å². The Bertz CT molecular complexity index is 945. The van der Waals surface area contributed by atoms with E-state index in [1.807, 2.05) is 21.7 Å². The van der Waals surface area contributed by atoms with E-state index in [-0.39, 0.29) is 17.5 Å². The summed E-state index contributed by atoms with van der Waals surface area (Å²) in [4.78, 5) is 30.6. The van der Waals surface area contributed by atoms with Crippen LogP contribution in [0.1, 0.15) is 29.2 Å². The van der Waals surface area contributed by atoms with Crippen molar-refractivity contribution < 1.29 is 4.79 Å². The SMILES string of the molecule is O=C(c1cccnc1)N1CCC(n2nc(-c3ccsc3)ccc2=O)CC1. The Hall–Kier alpha value is -2.80. The molecule has 132 valence electrons. The number of amides is 1. The highest BCUT2D eigenvalue weighted by atomic mass is 32.1. The minimum Gasteiger partial charge on any atom is -0.338 e. The summed E-state index contributed by atoms with van der Waals surface area (Å²) in [6.45, 7) is 1.21. The molecule has 1 aliphatic heterocycles. The van der Waals surface area contributed by atoms with Gasteiger partial charge in [0, 0.05) is 42.5 Å². The van der Waals surface area contributed by atoms with Crippen LogP contribution in [0.3, 0.4) is 0 Å². The summed E-state index contributed by atoms with van der Waals surface area (Å²) in [5.74, 6) is -0.0103. The van der Waals surface area contributed by atoms with Gasteiger partial charge in [-0.15, -0.1) is 0 Å². The molecule has 0 atom stereocenters. The van der Waals surface area contributed by atoms with Gasteiger partial charge in [0.05, 0.1) is 17.3 Å². The van der Waals surface area contributed by atoms with Gasteiger partial charge in [-0.1, -0.05) is 0 Å². The zero-order chi connectivity index (χ0) is 17.9. The first kappa shape index (κ1) is 16.7. The minimum absolute atomic E-state index is 0.0103. The second-order valence-corrected chi connectivity index (χ2v) is 7.06. The van der Waals surface area contributed by atoms with E-state index in [1.54, 1.807) is 52.7 Å². The average Bonchev–Trinajstić information content (AvgIpc) is 3.23. The fraction of sp³-hybridized carbons (Fsp3) is 0.263. The number of likely N-dealkylation sites (tertiary alicyclic amines) is 1. The van der Waals surface area contributed by atoms with Gasteiger partial charge >= 0.3 is 0 Å². The highest BCUT2D eigenvalue weighted by Crippen LogP contribution is 2.24. The number of carbonyl (C=O) groups excluding carboxylic acids is 1. The first-order valence-corrected chi connectivity index (χ1v) is 9.48. The number of hydrogen-bond acceptors (Lipinski definition) is 5. The third-order valence-electron chi connectivity index (χ3n) is 4.65. The van der Waals surface area contributed by atoms with Crippen molar-refractivity contribution in [3.8, 4) is 11.3 Å². The molecule has 0 spiro atoms. The van der Waals surface area contributed by atoms with Crippen LogP contribution in [0.4, 0.5) is 0 Å². The number of carbonyl (C=O) groups is 1. The van der Waals surface area contributed by atoms with E-state index in [2.05, 4.69) is 10.1 Å². The Labute approximate surface area is 154 Å². The quantitative estimate of drug-likeness (QED) is 0.715. The summed E-state index contributed by atoms with van der Waals surface area (Å²) >= 11 is 1.60. The van der Waals surface area contributed by atoms with E-state index in [4.69, 9.17) is 0 Å². The van der Waals surface area contributed by atoms with Crippen molar-refractivity contribution in [1.82, 2.24) is 19.7 Å². The average molecular weight is 366 g/mol. The largest absolute Gasteiger partial charge is 0.338 e. The summed E-state index contributed by atoms with van der Waals surface area (Å²) in [6.07, 6.45) is 4.67. The molecule has 26 heavy (non-hydrogen) atoms. The van der Waals surface area contributed by atoms with E-state index in [0.29, 0.717) is 31.5 Å². The van der Waals surface area contributed by atoms with Gasteiger partial charge in [0.25, 0.3) is 11.5 Å². The van der Waals surface area contributed by atoms with E-state index < -0.39 is 0 Å².